The molecule has 0 spiro atoms. The van der Waals surface area contributed by atoms with E-state index in [-0.39, 0.29) is 12.5 Å². The molecule has 4 nitrogen and oxygen atoms in total. The van der Waals surface area contributed by atoms with Gasteiger partial charge in [0.25, 0.3) is 0 Å². The molecule has 0 aromatic heterocycles. The van der Waals surface area contributed by atoms with Crippen molar-refractivity contribution in [3.05, 3.63) is 0 Å². The molecule has 4 N–H and O–H groups in total. The number of rotatable bonds is 2. The van der Waals surface area contributed by atoms with Gasteiger partial charge in [0.1, 0.15) is 0 Å². The Bertz CT molecular complexity index is 200. The van der Waals surface area contributed by atoms with Gasteiger partial charge >= 0.3 is 0 Å². The third-order valence-electron chi connectivity index (χ3n) is 3.42. The second kappa shape index (κ2) is 3.77. The molecule has 0 bridgehead atoms. The summed E-state index contributed by atoms with van der Waals surface area (Å²) in [4.78, 5) is 0. The van der Waals surface area contributed by atoms with E-state index in [0.29, 0.717) is 19.3 Å². The fourth-order valence-corrected chi connectivity index (χ4v) is 1.97. The summed E-state index contributed by atoms with van der Waals surface area (Å²) in [5.41, 5.74) is -2.21. The predicted molar refractivity (Wildman–Crippen MR) is 51.7 cm³/mol. The van der Waals surface area contributed by atoms with Crippen molar-refractivity contribution < 1.29 is 20.4 Å². The van der Waals surface area contributed by atoms with E-state index in [1.807, 2.05) is 0 Å². The average molecular weight is 204 g/mol. The lowest BCUT2D eigenvalue weighted by Crippen LogP contribution is -2.50. The molecular weight excluding hydrogens is 184 g/mol. The van der Waals surface area contributed by atoms with Gasteiger partial charge in [-0.1, -0.05) is 0 Å². The molecule has 4 heteroatoms. The van der Waals surface area contributed by atoms with Gasteiger partial charge in [0.15, 0.2) is 0 Å². The maximum atomic E-state index is 9.79. The number of hydrogen-bond donors (Lipinski definition) is 4. The first-order valence-corrected chi connectivity index (χ1v) is 5.03. The Kier molecular flexibility index (Phi) is 3.21. The summed E-state index contributed by atoms with van der Waals surface area (Å²) < 4.78 is 0. The lowest BCUT2D eigenvalue weighted by atomic mass is 9.71. The molecule has 0 saturated heterocycles. The zero-order valence-corrected chi connectivity index (χ0v) is 8.77. The molecule has 0 aliphatic heterocycles. The SMILES string of the molecule is C[C@](O)(CO)[C@@H]1CC[C@@](C)(O)[C@@H](O)C1. The van der Waals surface area contributed by atoms with Crippen LogP contribution >= 0.6 is 0 Å². The highest BCUT2D eigenvalue weighted by atomic mass is 16.3. The zero-order chi connectivity index (χ0) is 11.0. The van der Waals surface area contributed by atoms with Gasteiger partial charge in [0.2, 0.25) is 0 Å². The van der Waals surface area contributed by atoms with Crippen LogP contribution in [0.15, 0.2) is 0 Å². The highest BCUT2D eigenvalue weighted by Crippen LogP contribution is 2.37. The van der Waals surface area contributed by atoms with Crippen LogP contribution in [0.4, 0.5) is 0 Å². The topological polar surface area (TPSA) is 80.9 Å². The zero-order valence-electron chi connectivity index (χ0n) is 8.77. The summed E-state index contributed by atoms with van der Waals surface area (Å²) in [7, 11) is 0. The summed E-state index contributed by atoms with van der Waals surface area (Å²) in [5.74, 6) is -0.150. The molecule has 1 aliphatic carbocycles. The van der Waals surface area contributed by atoms with Crippen molar-refractivity contribution in [2.24, 2.45) is 5.92 Å². The highest BCUT2D eigenvalue weighted by molar-refractivity contribution is 4.95. The minimum atomic E-state index is -1.16. The van der Waals surface area contributed by atoms with E-state index >= 15 is 0 Å². The van der Waals surface area contributed by atoms with E-state index in [0.717, 1.165) is 0 Å². The van der Waals surface area contributed by atoms with Crippen molar-refractivity contribution in [2.45, 2.75) is 50.4 Å². The number of hydrogen-bond acceptors (Lipinski definition) is 4. The third kappa shape index (κ3) is 2.25. The van der Waals surface area contributed by atoms with Crippen LogP contribution < -0.4 is 0 Å². The van der Waals surface area contributed by atoms with Gasteiger partial charge < -0.3 is 20.4 Å². The molecule has 0 unspecified atom stereocenters. The first-order valence-electron chi connectivity index (χ1n) is 5.03. The van der Waals surface area contributed by atoms with Crippen LogP contribution in [0.25, 0.3) is 0 Å². The Hall–Kier alpha value is -0.160. The molecule has 0 amide bonds. The van der Waals surface area contributed by atoms with E-state index in [9.17, 15) is 15.3 Å². The summed E-state index contributed by atoms with van der Waals surface area (Å²) in [5, 5.41) is 38.1. The Labute approximate surface area is 84.2 Å². The quantitative estimate of drug-likeness (QED) is 0.495. The second-order valence-electron chi connectivity index (χ2n) is 4.86. The molecule has 84 valence electrons. The van der Waals surface area contributed by atoms with Crippen LogP contribution in [0.3, 0.4) is 0 Å². The maximum absolute atomic E-state index is 9.79. The predicted octanol–water partition coefficient (Wildman–Crippen LogP) is -0.358. The van der Waals surface area contributed by atoms with Gasteiger partial charge in [-0.25, -0.2) is 0 Å². The van der Waals surface area contributed by atoms with Crippen LogP contribution in [0.1, 0.15) is 33.1 Å². The average Bonchev–Trinajstić information content (AvgIpc) is 2.09. The summed E-state index contributed by atoms with van der Waals surface area (Å²) in [6.45, 7) is 2.85. The Morgan fingerprint density at radius 2 is 2.07 bits per heavy atom. The molecule has 14 heavy (non-hydrogen) atoms. The molecule has 1 saturated carbocycles. The van der Waals surface area contributed by atoms with Gasteiger partial charge in [-0.15, -0.1) is 0 Å². The molecule has 1 rings (SSSR count). The molecule has 1 aliphatic rings. The van der Waals surface area contributed by atoms with Crippen LogP contribution in [0.5, 0.6) is 0 Å². The molecule has 0 aromatic carbocycles. The van der Waals surface area contributed by atoms with Crippen molar-refractivity contribution in [2.75, 3.05) is 6.61 Å². The van der Waals surface area contributed by atoms with Crippen LogP contribution in [0.2, 0.25) is 0 Å². The first-order chi connectivity index (χ1) is 6.29. The van der Waals surface area contributed by atoms with Gasteiger partial charge in [0.05, 0.1) is 23.9 Å². The minimum absolute atomic E-state index is 0.150. The van der Waals surface area contributed by atoms with Crippen LogP contribution in [-0.2, 0) is 0 Å². The van der Waals surface area contributed by atoms with Crippen molar-refractivity contribution >= 4 is 0 Å². The van der Waals surface area contributed by atoms with E-state index in [1.54, 1.807) is 13.8 Å². The third-order valence-corrected chi connectivity index (χ3v) is 3.42. The normalized spacial score (nSPS) is 43.3. The van der Waals surface area contributed by atoms with Gasteiger partial charge in [-0.2, -0.15) is 0 Å². The molecule has 1 fully saturated rings. The van der Waals surface area contributed by atoms with Gasteiger partial charge in [0, 0.05) is 0 Å². The molecule has 0 radical (unpaired) electrons. The van der Waals surface area contributed by atoms with Crippen molar-refractivity contribution in [3.8, 4) is 0 Å². The largest absolute Gasteiger partial charge is 0.393 e. The lowest BCUT2D eigenvalue weighted by Gasteiger charge is -2.42. The van der Waals surface area contributed by atoms with Crippen LogP contribution in [0, 0.1) is 5.92 Å². The Morgan fingerprint density at radius 3 is 2.50 bits per heavy atom. The van der Waals surface area contributed by atoms with Crippen molar-refractivity contribution in [1.82, 2.24) is 0 Å². The molecular formula is C10H20O4. The molecule has 0 heterocycles. The summed E-state index contributed by atoms with van der Waals surface area (Å²) in [6, 6.07) is 0. The summed E-state index contributed by atoms with van der Waals surface area (Å²) >= 11 is 0. The fraction of sp³-hybridized carbons (Fsp3) is 1.00. The monoisotopic (exact) mass is 204 g/mol. The van der Waals surface area contributed by atoms with Crippen molar-refractivity contribution in [1.29, 1.82) is 0 Å². The maximum Gasteiger partial charge on any atom is 0.0878 e. The first kappa shape index (κ1) is 11.9. The molecule has 0 aromatic rings. The molecule has 4 atom stereocenters. The highest BCUT2D eigenvalue weighted by Gasteiger charge is 2.43. The number of aliphatic hydroxyl groups is 4. The summed E-state index contributed by atoms with van der Waals surface area (Å²) in [6.07, 6.45) is 0.590. The van der Waals surface area contributed by atoms with E-state index in [2.05, 4.69) is 0 Å². The minimum Gasteiger partial charge on any atom is -0.393 e. The Morgan fingerprint density at radius 1 is 1.50 bits per heavy atom. The number of aliphatic hydroxyl groups excluding tert-OH is 2. The van der Waals surface area contributed by atoms with E-state index in [1.165, 1.54) is 0 Å². The van der Waals surface area contributed by atoms with Gasteiger partial charge in [-0.05, 0) is 39.0 Å². The lowest BCUT2D eigenvalue weighted by molar-refractivity contribution is -0.139. The van der Waals surface area contributed by atoms with Crippen molar-refractivity contribution in [3.63, 3.8) is 0 Å². The second-order valence-corrected chi connectivity index (χ2v) is 4.86. The van der Waals surface area contributed by atoms with Gasteiger partial charge in [-0.3, -0.25) is 0 Å². The van der Waals surface area contributed by atoms with E-state index in [4.69, 9.17) is 5.11 Å². The fourth-order valence-electron chi connectivity index (χ4n) is 1.97. The standard InChI is InChI=1S/C10H20O4/c1-9(13)4-3-7(5-8(9)12)10(2,14)6-11/h7-8,11-14H,3-6H2,1-2H3/t7-,8+,9-,10+/m1/s1. The smallest absolute Gasteiger partial charge is 0.0878 e. The van der Waals surface area contributed by atoms with E-state index < -0.39 is 17.3 Å². The Balaban J connectivity index is 2.63. The van der Waals surface area contributed by atoms with Crippen LogP contribution in [-0.4, -0.2) is 44.3 Å².